The van der Waals surface area contributed by atoms with Crippen LogP contribution in [-0.2, 0) is 11.2 Å². The van der Waals surface area contributed by atoms with E-state index in [1.54, 1.807) is 37.1 Å². The molecule has 0 heterocycles. The molecule has 1 N–H and O–H groups in total. The van der Waals surface area contributed by atoms with Crippen LogP contribution in [0.25, 0.3) is 0 Å². The minimum absolute atomic E-state index is 0.0642. The zero-order valence-corrected chi connectivity index (χ0v) is 12.0. The Morgan fingerprint density at radius 1 is 1.39 bits per heavy atom. The van der Waals surface area contributed by atoms with Gasteiger partial charge in [-0.2, -0.15) is 0 Å². The number of benzene rings is 1. The van der Waals surface area contributed by atoms with Crippen LogP contribution in [0.4, 0.5) is 0 Å². The van der Waals surface area contributed by atoms with E-state index in [0.29, 0.717) is 28.6 Å². The molecule has 0 spiro atoms. The highest BCUT2D eigenvalue weighted by molar-refractivity contribution is 6.36. The molecule has 0 aliphatic rings. The van der Waals surface area contributed by atoms with Crippen LogP contribution in [0.5, 0.6) is 0 Å². The molecule has 0 saturated carbocycles. The molecule has 3 nitrogen and oxygen atoms in total. The van der Waals surface area contributed by atoms with E-state index in [1.807, 2.05) is 0 Å². The zero-order chi connectivity index (χ0) is 13.7. The Morgan fingerprint density at radius 2 is 1.94 bits per heavy atom. The molecular formula is C13H17Cl2NO2. The van der Waals surface area contributed by atoms with Crippen LogP contribution < -0.4 is 0 Å². The van der Waals surface area contributed by atoms with Gasteiger partial charge >= 0.3 is 0 Å². The molecule has 0 saturated heterocycles. The van der Waals surface area contributed by atoms with Gasteiger partial charge in [0.1, 0.15) is 0 Å². The van der Waals surface area contributed by atoms with E-state index in [9.17, 15) is 9.90 Å². The number of nitrogens with zero attached hydrogens (tertiary/aromatic N) is 1. The van der Waals surface area contributed by atoms with Crippen LogP contribution in [0.15, 0.2) is 18.2 Å². The van der Waals surface area contributed by atoms with E-state index in [0.717, 1.165) is 0 Å². The van der Waals surface area contributed by atoms with Crippen molar-refractivity contribution in [1.82, 2.24) is 4.90 Å². The van der Waals surface area contributed by atoms with Crippen molar-refractivity contribution >= 4 is 29.1 Å². The van der Waals surface area contributed by atoms with Gasteiger partial charge in [0, 0.05) is 23.6 Å². The highest BCUT2D eigenvalue weighted by Crippen LogP contribution is 2.25. The summed E-state index contributed by atoms with van der Waals surface area (Å²) in [7, 11) is 1.70. The van der Waals surface area contributed by atoms with Crippen molar-refractivity contribution in [2.24, 2.45) is 0 Å². The summed E-state index contributed by atoms with van der Waals surface area (Å²) in [6, 6.07) is 5.17. The fourth-order valence-electron chi connectivity index (χ4n) is 1.49. The maximum atomic E-state index is 12.0. The summed E-state index contributed by atoms with van der Waals surface area (Å²) in [5.41, 5.74) is 0.648. The van der Waals surface area contributed by atoms with Crippen molar-refractivity contribution in [2.75, 3.05) is 13.6 Å². The maximum absolute atomic E-state index is 12.0. The number of carbonyl (C=O) groups is 1. The van der Waals surface area contributed by atoms with Crippen molar-refractivity contribution in [2.45, 2.75) is 25.9 Å². The minimum atomic E-state index is -0.413. The number of likely N-dealkylation sites (N-methyl/N-ethyl adjacent to an activating group) is 1. The van der Waals surface area contributed by atoms with E-state index < -0.39 is 6.10 Å². The Kier molecular flexibility index (Phi) is 5.93. The Bertz CT molecular complexity index is 401. The number of aliphatic hydroxyl groups is 1. The molecule has 0 aliphatic carbocycles. The van der Waals surface area contributed by atoms with Crippen LogP contribution in [-0.4, -0.2) is 35.6 Å². The van der Waals surface area contributed by atoms with Crippen molar-refractivity contribution < 1.29 is 9.90 Å². The summed E-state index contributed by atoms with van der Waals surface area (Å²) in [6.07, 6.45) is 0.317. The second-order valence-electron chi connectivity index (χ2n) is 4.33. The predicted molar refractivity (Wildman–Crippen MR) is 74.1 cm³/mol. The number of carbonyl (C=O) groups excluding carboxylic acids is 1. The summed E-state index contributed by atoms with van der Waals surface area (Å²) < 4.78 is 0. The molecule has 1 amide bonds. The first-order valence-electron chi connectivity index (χ1n) is 5.76. The molecule has 100 valence electrons. The van der Waals surface area contributed by atoms with Crippen molar-refractivity contribution in [3.8, 4) is 0 Å². The van der Waals surface area contributed by atoms with Crippen molar-refractivity contribution in [3.05, 3.63) is 33.8 Å². The second kappa shape index (κ2) is 6.98. The maximum Gasteiger partial charge on any atom is 0.226 e. The highest BCUT2D eigenvalue weighted by Gasteiger charge is 2.14. The first-order chi connectivity index (χ1) is 8.41. The van der Waals surface area contributed by atoms with Crippen LogP contribution in [0.1, 0.15) is 18.9 Å². The molecule has 0 bridgehead atoms. The average Bonchev–Trinajstić information content (AvgIpc) is 2.30. The summed E-state index contributed by atoms with van der Waals surface area (Å²) in [5, 5.41) is 10.2. The number of hydrogen-bond acceptors (Lipinski definition) is 2. The lowest BCUT2D eigenvalue weighted by Gasteiger charge is -2.18. The van der Waals surface area contributed by atoms with Gasteiger partial charge in [-0.15, -0.1) is 0 Å². The third-order valence-corrected chi connectivity index (χ3v) is 3.41. The lowest BCUT2D eigenvalue weighted by Crippen LogP contribution is -2.30. The summed E-state index contributed by atoms with van der Waals surface area (Å²) in [6.45, 7) is 2.21. The fourth-order valence-corrected chi connectivity index (χ4v) is 2.02. The van der Waals surface area contributed by atoms with Crippen molar-refractivity contribution in [1.29, 1.82) is 0 Å². The van der Waals surface area contributed by atoms with Gasteiger partial charge in [0.15, 0.2) is 0 Å². The molecule has 1 aromatic carbocycles. The molecule has 5 heteroatoms. The average molecular weight is 290 g/mol. The van der Waals surface area contributed by atoms with Gasteiger partial charge in [-0.05, 0) is 31.0 Å². The van der Waals surface area contributed by atoms with Crippen molar-refractivity contribution in [3.63, 3.8) is 0 Å². The Hall–Kier alpha value is -0.770. The van der Waals surface area contributed by atoms with Gasteiger partial charge in [0.2, 0.25) is 5.91 Å². The van der Waals surface area contributed by atoms with Crippen LogP contribution in [0.2, 0.25) is 10.0 Å². The third-order valence-electron chi connectivity index (χ3n) is 2.70. The molecule has 0 aliphatic heterocycles. The molecule has 0 radical (unpaired) electrons. The quantitative estimate of drug-likeness (QED) is 0.906. The number of halogens is 2. The standard InChI is InChI=1S/C13H17Cl2NO2/c1-9(17)6-7-16(2)13(18)8-10-11(14)4-3-5-12(10)15/h3-5,9,17H,6-8H2,1-2H3. The first kappa shape index (κ1) is 15.3. The third kappa shape index (κ3) is 4.48. The van der Waals surface area contributed by atoms with E-state index in [-0.39, 0.29) is 12.3 Å². The lowest BCUT2D eigenvalue weighted by molar-refractivity contribution is -0.129. The number of aliphatic hydroxyl groups excluding tert-OH is 1. The first-order valence-corrected chi connectivity index (χ1v) is 6.52. The van der Waals surface area contributed by atoms with Crippen LogP contribution in [0, 0.1) is 0 Å². The van der Waals surface area contributed by atoms with E-state index >= 15 is 0 Å². The van der Waals surface area contributed by atoms with Gasteiger partial charge in [-0.3, -0.25) is 4.79 Å². The van der Waals surface area contributed by atoms with Gasteiger partial charge < -0.3 is 10.0 Å². The molecule has 0 aromatic heterocycles. The lowest BCUT2D eigenvalue weighted by atomic mass is 10.1. The number of rotatable bonds is 5. The molecule has 1 rings (SSSR count). The smallest absolute Gasteiger partial charge is 0.226 e. The molecule has 1 atom stereocenters. The summed E-state index contributed by atoms with van der Waals surface area (Å²) >= 11 is 12.0. The summed E-state index contributed by atoms with van der Waals surface area (Å²) in [4.78, 5) is 13.5. The monoisotopic (exact) mass is 289 g/mol. The number of hydrogen-bond donors (Lipinski definition) is 1. The molecule has 1 aromatic rings. The molecular weight excluding hydrogens is 273 g/mol. The minimum Gasteiger partial charge on any atom is -0.393 e. The molecule has 18 heavy (non-hydrogen) atoms. The largest absolute Gasteiger partial charge is 0.393 e. The predicted octanol–water partition coefficient (Wildman–Crippen LogP) is 2.77. The zero-order valence-electron chi connectivity index (χ0n) is 10.5. The number of amides is 1. The van der Waals surface area contributed by atoms with E-state index in [4.69, 9.17) is 23.2 Å². The van der Waals surface area contributed by atoms with Gasteiger partial charge in [-0.25, -0.2) is 0 Å². The van der Waals surface area contributed by atoms with E-state index in [1.165, 1.54) is 0 Å². The molecule has 0 fully saturated rings. The van der Waals surface area contributed by atoms with Gasteiger partial charge in [0.25, 0.3) is 0 Å². The van der Waals surface area contributed by atoms with Crippen LogP contribution >= 0.6 is 23.2 Å². The SMILES string of the molecule is CC(O)CCN(C)C(=O)Cc1c(Cl)cccc1Cl. The summed E-state index contributed by atoms with van der Waals surface area (Å²) in [5.74, 6) is -0.0642. The van der Waals surface area contributed by atoms with E-state index in [2.05, 4.69) is 0 Å². The van der Waals surface area contributed by atoms with Crippen LogP contribution in [0.3, 0.4) is 0 Å². The Morgan fingerprint density at radius 3 is 2.44 bits per heavy atom. The Balaban J connectivity index is 2.64. The second-order valence-corrected chi connectivity index (χ2v) is 5.14. The fraction of sp³-hybridized carbons (Fsp3) is 0.462. The van der Waals surface area contributed by atoms with Gasteiger partial charge in [-0.1, -0.05) is 29.3 Å². The highest BCUT2D eigenvalue weighted by atomic mass is 35.5. The normalized spacial score (nSPS) is 12.3. The Labute approximate surface area is 117 Å². The molecule has 1 unspecified atom stereocenters. The van der Waals surface area contributed by atoms with Gasteiger partial charge in [0.05, 0.1) is 12.5 Å². The topological polar surface area (TPSA) is 40.5 Å².